The Labute approximate surface area is 170 Å². The number of ether oxygens (including phenoxy) is 1. The van der Waals surface area contributed by atoms with Gasteiger partial charge in [0.15, 0.2) is 0 Å². The van der Waals surface area contributed by atoms with Crippen molar-refractivity contribution in [2.75, 3.05) is 32.1 Å². The van der Waals surface area contributed by atoms with Crippen molar-refractivity contribution in [1.82, 2.24) is 14.9 Å². The van der Waals surface area contributed by atoms with Crippen LogP contribution >= 0.6 is 15.9 Å². The molecule has 2 aromatic rings. The van der Waals surface area contributed by atoms with Crippen molar-refractivity contribution in [3.8, 4) is 5.75 Å². The Morgan fingerprint density at radius 1 is 1.22 bits per heavy atom. The highest BCUT2D eigenvalue weighted by Crippen LogP contribution is 2.35. The molecule has 5 nitrogen and oxygen atoms in total. The van der Waals surface area contributed by atoms with Crippen LogP contribution < -0.4 is 9.64 Å². The van der Waals surface area contributed by atoms with E-state index in [1.807, 2.05) is 14.1 Å². The summed E-state index contributed by atoms with van der Waals surface area (Å²) >= 11 is 3.63. The van der Waals surface area contributed by atoms with E-state index < -0.39 is 0 Å². The van der Waals surface area contributed by atoms with Crippen LogP contribution in [0, 0.1) is 13.8 Å². The average molecular weight is 433 g/mol. The standard InChI is InChI=1S/C21H29BrN4O/c1-13(2)19-15(4)23-18(12-25(5)6)24-21(19)26-7-8-27-20-14(3)9-17(22)10-16(20)11-26/h9-10,13H,7-8,11-12H2,1-6H3. The molecule has 27 heavy (non-hydrogen) atoms. The summed E-state index contributed by atoms with van der Waals surface area (Å²) in [5.74, 6) is 3.28. The minimum absolute atomic E-state index is 0.362. The number of aryl methyl sites for hydroxylation is 2. The molecule has 0 fully saturated rings. The summed E-state index contributed by atoms with van der Waals surface area (Å²) in [6.45, 7) is 11.6. The quantitative estimate of drug-likeness (QED) is 0.713. The normalized spacial score (nSPS) is 14.3. The second-order valence-corrected chi connectivity index (χ2v) is 8.75. The molecule has 0 amide bonds. The average Bonchev–Trinajstić information content (AvgIpc) is 2.75. The Morgan fingerprint density at radius 3 is 2.63 bits per heavy atom. The zero-order valence-electron chi connectivity index (χ0n) is 17.1. The SMILES string of the molecule is Cc1cc(Br)cc2c1OCCN(c1nc(CN(C)C)nc(C)c1C(C)C)C2. The molecule has 0 atom stereocenters. The molecule has 6 heteroatoms. The maximum atomic E-state index is 6.10. The molecule has 0 N–H and O–H groups in total. The fourth-order valence-electron chi connectivity index (χ4n) is 3.74. The Balaban J connectivity index is 2.07. The molecule has 1 aromatic carbocycles. The van der Waals surface area contributed by atoms with E-state index in [1.165, 1.54) is 11.1 Å². The van der Waals surface area contributed by atoms with E-state index in [-0.39, 0.29) is 0 Å². The number of nitrogens with zero attached hydrogens (tertiary/aromatic N) is 4. The Kier molecular flexibility index (Phi) is 6.06. The molecule has 0 saturated heterocycles. The van der Waals surface area contributed by atoms with Crippen molar-refractivity contribution in [1.29, 1.82) is 0 Å². The zero-order valence-corrected chi connectivity index (χ0v) is 18.7. The summed E-state index contributed by atoms with van der Waals surface area (Å²) in [5, 5.41) is 0. The van der Waals surface area contributed by atoms with Crippen LogP contribution in [0.2, 0.25) is 0 Å². The second-order valence-electron chi connectivity index (χ2n) is 7.84. The lowest BCUT2D eigenvalue weighted by Crippen LogP contribution is -2.29. The van der Waals surface area contributed by atoms with Gasteiger partial charge in [-0.15, -0.1) is 0 Å². The first kappa shape index (κ1) is 20.1. The molecule has 0 spiro atoms. The molecule has 1 aliphatic heterocycles. The summed E-state index contributed by atoms with van der Waals surface area (Å²) in [7, 11) is 4.09. The van der Waals surface area contributed by atoms with Gasteiger partial charge in [-0.25, -0.2) is 9.97 Å². The highest BCUT2D eigenvalue weighted by atomic mass is 79.9. The van der Waals surface area contributed by atoms with Gasteiger partial charge in [0.2, 0.25) is 0 Å². The van der Waals surface area contributed by atoms with Gasteiger partial charge >= 0.3 is 0 Å². The lowest BCUT2D eigenvalue weighted by Gasteiger charge is -2.27. The number of anilines is 1. The van der Waals surface area contributed by atoms with Gasteiger partial charge in [-0.1, -0.05) is 29.8 Å². The van der Waals surface area contributed by atoms with Gasteiger partial charge in [-0.05, 0) is 51.6 Å². The van der Waals surface area contributed by atoms with Crippen LogP contribution in [0.1, 0.15) is 48.0 Å². The van der Waals surface area contributed by atoms with Crippen LogP contribution in [-0.4, -0.2) is 42.1 Å². The molecule has 0 saturated carbocycles. The third-order valence-electron chi connectivity index (χ3n) is 4.78. The van der Waals surface area contributed by atoms with E-state index in [1.54, 1.807) is 0 Å². The zero-order chi connectivity index (χ0) is 19.7. The first-order valence-corrected chi connectivity index (χ1v) is 10.2. The van der Waals surface area contributed by atoms with Gasteiger partial charge in [0, 0.05) is 27.8 Å². The minimum atomic E-state index is 0.362. The molecule has 1 aromatic heterocycles. The Bertz CT molecular complexity index is 835. The van der Waals surface area contributed by atoms with Crippen molar-refractivity contribution in [2.24, 2.45) is 0 Å². The number of rotatable bonds is 4. The largest absolute Gasteiger partial charge is 0.491 e. The van der Waals surface area contributed by atoms with Gasteiger partial charge in [-0.2, -0.15) is 0 Å². The van der Waals surface area contributed by atoms with Crippen molar-refractivity contribution in [3.05, 3.63) is 44.8 Å². The number of hydrogen-bond donors (Lipinski definition) is 0. The molecule has 0 radical (unpaired) electrons. The highest BCUT2D eigenvalue weighted by Gasteiger charge is 2.24. The summed E-state index contributed by atoms with van der Waals surface area (Å²) in [4.78, 5) is 14.2. The van der Waals surface area contributed by atoms with Gasteiger partial charge < -0.3 is 14.5 Å². The lowest BCUT2D eigenvalue weighted by molar-refractivity contribution is 0.329. The van der Waals surface area contributed by atoms with Crippen LogP contribution in [0.4, 0.5) is 5.82 Å². The van der Waals surface area contributed by atoms with Crippen LogP contribution in [0.3, 0.4) is 0 Å². The molecule has 0 aliphatic carbocycles. The summed E-state index contributed by atoms with van der Waals surface area (Å²) < 4.78 is 7.18. The third kappa shape index (κ3) is 4.43. The first-order valence-electron chi connectivity index (χ1n) is 9.45. The molecule has 3 rings (SSSR count). The van der Waals surface area contributed by atoms with E-state index in [9.17, 15) is 0 Å². The number of benzene rings is 1. The molecule has 1 aliphatic rings. The van der Waals surface area contributed by atoms with Gasteiger partial charge in [0.25, 0.3) is 0 Å². The molecular formula is C21H29BrN4O. The number of hydrogen-bond acceptors (Lipinski definition) is 5. The van der Waals surface area contributed by atoms with Crippen LogP contribution in [-0.2, 0) is 13.1 Å². The third-order valence-corrected chi connectivity index (χ3v) is 5.24. The highest BCUT2D eigenvalue weighted by molar-refractivity contribution is 9.10. The smallest absolute Gasteiger partial charge is 0.144 e. The first-order chi connectivity index (χ1) is 12.8. The van der Waals surface area contributed by atoms with Gasteiger partial charge in [-0.3, -0.25) is 0 Å². The number of halogens is 1. The predicted octanol–water partition coefficient (Wildman–Crippen LogP) is 4.44. The van der Waals surface area contributed by atoms with Gasteiger partial charge in [0.1, 0.15) is 24.0 Å². The summed E-state index contributed by atoms with van der Waals surface area (Å²) in [6, 6.07) is 4.27. The van der Waals surface area contributed by atoms with Crippen molar-refractivity contribution in [2.45, 2.75) is 46.7 Å². The van der Waals surface area contributed by atoms with Crippen molar-refractivity contribution in [3.63, 3.8) is 0 Å². The van der Waals surface area contributed by atoms with E-state index in [2.05, 4.69) is 65.6 Å². The molecular weight excluding hydrogens is 404 g/mol. The van der Waals surface area contributed by atoms with E-state index in [0.29, 0.717) is 12.5 Å². The molecule has 0 bridgehead atoms. The Hall–Kier alpha value is -1.66. The summed E-state index contributed by atoms with van der Waals surface area (Å²) in [5.41, 5.74) is 4.66. The maximum absolute atomic E-state index is 6.10. The molecule has 0 unspecified atom stereocenters. The monoisotopic (exact) mass is 432 g/mol. The van der Waals surface area contributed by atoms with E-state index in [4.69, 9.17) is 14.7 Å². The lowest BCUT2D eigenvalue weighted by atomic mass is 10.0. The van der Waals surface area contributed by atoms with Crippen LogP contribution in [0.15, 0.2) is 16.6 Å². The second kappa shape index (κ2) is 8.15. The van der Waals surface area contributed by atoms with Crippen LogP contribution in [0.5, 0.6) is 5.75 Å². The van der Waals surface area contributed by atoms with Crippen molar-refractivity contribution < 1.29 is 4.74 Å². The number of aromatic nitrogens is 2. The van der Waals surface area contributed by atoms with Gasteiger partial charge in [0.05, 0.1) is 13.1 Å². The molecule has 146 valence electrons. The minimum Gasteiger partial charge on any atom is -0.491 e. The van der Waals surface area contributed by atoms with Crippen molar-refractivity contribution >= 4 is 21.7 Å². The topological polar surface area (TPSA) is 41.5 Å². The Morgan fingerprint density at radius 2 is 1.96 bits per heavy atom. The predicted molar refractivity (Wildman–Crippen MR) is 114 cm³/mol. The van der Waals surface area contributed by atoms with E-state index >= 15 is 0 Å². The summed E-state index contributed by atoms with van der Waals surface area (Å²) in [6.07, 6.45) is 0. The fraction of sp³-hybridized carbons (Fsp3) is 0.524. The van der Waals surface area contributed by atoms with E-state index in [0.717, 1.165) is 52.8 Å². The number of fused-ring (bicyclic) bond motifs is 1. The van der Waals surface area contributed by atoms with Crippen LogP contribution in [0.25, 0.3) is 0 Å². The fourth-order valence-corrected chi connectivity index (χ4v) is 4.36. The maximum Gasteiger partial charge on any atom is 0.144 e. The molecule has 2 heterocycles.